The third-order valence-electron chi connectivity index (χ3n) is 11.8. The van der Waals surface area contributed by atoms with Crippen LogP contribution in [-0.2, 0) is 14.4 Å². The van der Waals surface area contributed by atoms with Crippen molar-refractivity contribution in [3.63, 3.8) is 0 Å². The van der Waals surface area contributed by atoms with Crippen LogP contribution in [-0.4, -0.2) is 97.9 Å². The number of H-pyrrole nitrogens is 1. The Morgan fingerprint density at radius 2 is 1.05 bits per heavy atom. The molecule has 13 rings (SSSR count). The third kappa shape index (κ3) is 10.4. The van der Waals surface area contributed by atoms with Crippen molar-refractivity contribution in [3.05, 3.63) is 86.2 Å². The van der Waals surface area contributed by atoms with E-state index >= 15 is 0 Å². The van der Waals surface area contributed by atoms with E-state index < -0.39 is 23.0 Å². The first-order valence-corrected chi connectivity index (χ1v) is 21.2. The van der Waals surface area contributed by atoms with Crippen LogP contribution in [0.2, 0.25) is 15.1 Å². The Bertz CT molecular complexity index is 2290. The topological polar surface area (TPSA) is 169 Å². The van der Waals surface area contributed by atoms with E-state index in [1.807, 2.05) is 23.2 Å². The number of nitrogens with zero attached hydrogens (tertiary/aromatic N) is 3. The molecule has 9 fully saturated rings. The van der Waals surface area contributed by atoms with Crippen LogP contribution in [0, 0.1) is 35.2 Å². The third-order valence-corrected chi connectivity index (χ3v) is 12.5. The molecule has 13 nitrogen and oxygen atoms in total. The minimum Gasteiger partial charge on any atom is -0.368 e. The van der Waals surface area contributed by atoms with Crippen molar-refractivity contribution in [1.82, 2.24) is 31.5 Å². The van der Waals surface area contributed by atoms with Crippen molar-refractivity contribution in [2.45, 2.75) is 56.7 Å². The number of aromatic nitrogens is 2. The molecule has 3 aromatic carbocycles. The number of nitrogens with one attached hydrogen (secondary N) is 5. The first kappa shape index (κ1) is 44.2. The molecular formula is C42H44Cl3F3N8O5. The minimum atomic E-state index is -0.940. The lowest BCUT2D eigenvalue weighted by molar-refractivity contribution is -0.127. The van der Waals surface area contributed by atoms with Gasteiger partial charge in [-0.3, -0.25) is 29.1 Å². The first-order valence-electron chi connectivity index (χ1n) is 20.1. The Hall–Kier alpha value is -4.90. The zero-order valence-corrected chi connectivity index (χ0v) is 35.1. The van der Waals surface area contributed by atoms with E-state index in [2.05, 4.69) is 36.4 Å². The largest absolute Gasteiger partial charge is 0.368 e. The summed E-state index contributed by atoms with van der Waals surface area (Å²) < 4.78 is 38.9. The fraction of sp³-hybridized carbons (Fsp3) is 0.429. The smallest absolute Gasteiger partial charge is 0.225 e. The van der Waals surface area contributed by atoms with E-state index in [4.69, 9.17) is 34.8 Å². The average Bonchev–Trinajstić information content (AvgIpc) is 3.55. The number of fused-ring (bicyclic) bond motifs is 13. The van der Waals surface area contributed by atoms with Crippen molar-refractivity contribution in [2.75, 3.05) is 49.1 Å². The normalized spacial score (nSPS) is 24.9. The number of piperidine rings is 3. The lowest BCUT2D eigenvalue weighted by Gasteiger charge is -2.26. The molecule has 0 aliphatic carbocycles. The molecule has 1 aromatic heterocycles. The summed E-state index contributed by atoms with van der Waals surface area (Å²) in [7, 11) is 0. The standard InChI is InChI=1S/C14H14ClFN2O2.C14H15ClN4O.C7H3ClF2O.C7H12N2O/c15-9-3-12(16)11(7-19)13(4-9)18-5-8-1-2-10(6-18)17-14(8)20;15-9-3-12-11(5-16-18-12)13(4-9)19-6-8-1-2-10(7-19)17-14(8)20;8-4-1-6(9)5(3-11)7(10)2-4;10-7-5-1-2-6(9-7)4-8-3-5/h3-4,7-8,10H,1-2,5-6H2,(H,17,20);3-5,8,10H,1-2,6-7H2,(H,16,18)(H,17,20);1-3H;5-6,8H,1-4H2,(H,9,10)/t2*8-,10+;;5-,6+/m11.1/s1. The summed E-state index contributed by atoms with van der Waals surface area (Å²) >= 11 is 17.4. The van der Waals surface area contributed by atoms with Gasteiger partial charge in [-0.2, -0.15) is 5.10 Å². The van der Waals surface area contributed by atoms with Crippen molar-refractivity contribution < 1.29 is 37.1 Å². The van der Waals surface area contributed by atoms with Gasteiger partial charge < -0.3 is 31.1 Å². The molecule has 61 heavy (non-hydrogen) atoms. The van der Waals surface area contributed by atoms with E-state index in [1.165, 1.54) is 0 Å². The summed E-state index contributed by atoms with van der Waals surface area (Å²) in [6.07, 6.45) is 8.43. The fourth-order valence-electron chi connectivity index (χ4n) is 8.66. The first-order chi connectivity index (χ1) is 29.3. The van der Waals surface area contributed by atoms with Gasteiger partial charge >= 0.3 is 0 Å². The van der Waals surface area contributed by atoms with Gasteiger partial charge in [-0.25, -0.2) is 13.2 Å². The average molecular weight is 904 g/mol. The van der Waals surface area contributed by atoms with Crippen LogP contribution in [0.5, 0.6) is 0 Å². The zero-order chi connectivity index (χ0) is 43.4. The van der Waals surface area contributed by atoms with E-state index in [9.17, 15) is 37.1 Å². The van der Waals surface area contributed by atoms with Gasteiger partial charge in [0.15, 0.2) is 12.6 Å². The molecule has 6 atom stereocenters. The predicted octanol–water partition coefficient (Wildman–Crippen LogP) is 5.85. The number of anilines is 2. The second-order valence-electron chi connectivity index (χ2n) is 16.0. The summed E-state index contributed by atoms with van der Waals surface area (Å²) in [4.78, 5) is 60.2. The molecule has 0 spiro atoms. The molecule has 10 heterocycles. The highest BCUT2D eigenvalue weighted by molar-refractivity contribution is 6.32. The molecule has 4 aromatic rings. The highest BCUT2D eigenvalue weighted by atomic mass is 35.5. The molecule has 0 unspecified atom stereocenters. The van der Waals surface area contributed by atoms with Gasteiger partial charge in [-0.15, -0.1) is 0 Å². The Balaban J connectivity index is 0.000000128. The fourth-order valence-corrected chi connectivity index (χ4v) is 9.26. The van der Waals surface area contributed by atoms with Crippen LogP contribution >= 0.6 is 34.8 Å². The monoisotopic (exact) mass is 902 g/mol. The highest BCUT2D eigenvalue weighted by Gasteiger charge is 2.37. The molecule has 9 saturated heterocycles. The second kappa shape index (κ2) is 19.4. The van der Waals surface area contributed by atoms with Crippen LogP contribution in [0.25, 0.3) is 10.9 Å². The maximum atomic E-state index is 13.8. The molecule has 6 bridgehead atoms. The molecular weight excluding hydrogens is 860 g/mol. The highest BCUT2D eigenvalue weighted by Crippen LogP contribution is 2.34. The van der Waals surface area contributed by atoms with Gasteiger partial charge in [0.05, 0.1) is 46.3 Å². The zero-order valence-electron chi connectivity index (χ0n) is 32.8. The van der Waals surface area contributed by atoms with Crippen LogP contribution in [0.3, 0.4) is 0 Å². The van der Waals surface area contributed by atoms with Crippen LogP contribution in [0.1, 0.15) is 59.2 Å². The van der Waals surface area contributed by atoms with Crippen molar-refractivity contribution in [1.29, 1.82) is 0 Å². The molecule has 5 N–H and O–H groups in total. The summed E-state index contributed by atoms with van der Waals surface area (Å²) in [5, 5.41) is 21.3. The molecule has 0 saturated carbocycles. The Morgan fingerprint density at radius 1 is 0.574 bits per heavy atom. The van der Waals surface area contributed by atoms with Gasteiger partial charge in [-0.05, 0) is 74.9 Å². The Labute approximate surface area is 364 Å². The minimum absolute atomic E-state index is 0.00292. The molecule has 19 heteroatoms. The Morgan fingerprint density at radius 3 is 1.62 bits per heavy atom. The SMILES string of the molecule is O=C1N[C@H]2CC[C@@H]1CN(c1cc(Cl)cc3[nH]ncc13)C2.O=C1N[C@H]2CC[C@@H]1CNC2.O=Cc1c(F)cc(Cl)cc1F.O=Cc1c(F)cc(Cl)cc1N1C[C@@H]2CC[C@H](C1)C(=O)N2. The summed E-state index contributed by atoms with van der Waals surface area (Å²) in [6.45, 7) is 4.49. The molecule has 9 aliphatic rings. The lowest BCUT2D eigenvalue weighted by Crippen LogP contribution is -2.43. The van der Waals surface area contributed by atoms with Gasteiger partial charge in [0, 0.05) is 83.5 Å². The number of rotatable bonds is 4. The number of benzene rings is 3. The van der Waals surface area contributed by atoms with Crippen LogP contribution in [0.15, 0.2) is 42.6 Å². The summed E-state index contributed by atoms with van der Waals surface area (Å²) in [6, 6.07) is 9.02. The quantitative estimate of drug-likeness (QED) is 0.158. The number of carbonyl (C=O) groups is 5. The molecule has 324 valence electrons. The number of amides is 3. The number of carbonyl (C=O) groups excluding carboxylic acids is 5. The molecule has 0 radical (unpaired) electrons. The summed E-state index contributed by atoms with van der Waals surface area (Å²) in [5.74, 6) is -1.81. The maximum absolute atomic E-state index is 13.8. The maximum Gasteiger partial charge on any atom is 0.225 e. The number of hydrogen-bond acceptors (Lipinski definition) is 9. The van der Waals surface area contributed by atoms with Crippen molar-refractivity contribution in [3.8, 4) is 0 Å². The number of aromatic amines is 1. The van der Waals surface area contributed by atoms with Crippen molar-refractivity contribution in [2.24, 2.45) is 17.8 Å². The van der Waals surface area contributed by atoms with Crippen LogP contribution in [0.4, 0.5) is 24.5 Å². The van der Waals surface area contributed by atoms with E-state index in [-0.39, 0.29) is 69.5 Å². The number of hydrogen-bond donors (Lipinski definition) is 5. The van der Waals surface area contributed by atoms with E-state index in [0.717, 1.165) is 99.5 Å². The van der Waals surface area contributed by atoms with E-state index in [0.29, 0.717) is 36.1 Å². The predicted molar refractivity (Wildman–Crippen MR) is 226 cm³/mol. The van der Waals surface area contributed by atoms with Gasteiger partial charge in [0.2, 0.25) is 17.7 Å². The molecule has 9 aliphatic heterocycles. The second-order valence-corrected chi connectivity index (χ2v) is 17.3. The van der Waals surface area contributed by atoms with E-state index in [1.54, 1.807) is 6.07 Å². The lowest BCUT2D eigenvalue weighted by atomic mass is 9.96. The van der Waals surface area contributed by atoms with Gasteiger partial charge in [-0.1, -0.05) is 34.8 Å². The van der Waals surface area contributed by atoms with Crippen LogP contribution < -0.4 is 31.1 Å². The number of halogens is 6. The molecule has 3 amide bonds. The van der Waals surface area contributed by atoms with Crippen molar-refractivity contribution >= 4 is 87.4 Å². The summed E-state index contributed by atoms with van der Waals surface area (Å²) in [5.41, 5.74) is 1.88. The van der Waals surface area contributed by atoms with Gasteiger partial charge in [0.1, 0.15) is 17.5 Å². The van der Waals surface area contributed by atoms with Gasteiger partial charge in [0.25, 0.3) is 0 Å². The number of aldehydes is 2. The Kier molecular flexibility index (Phi) is 14.1.